The van der Waals surface area contributed by atoms with E-state index in [2.05, 4.69) is 57.2 Å². The van der Waals surface area contributed by atoms with Gasteiger partial charge in [-0.25, -0.2) is 0 Å². The lowest BCUT2D eigenvalue weighted by molar-refractivity contribution is -0.167. The van der Waals surface area contributed by atoms with Crippen LogP contribution in [0.25, 0.3) is 0 Å². The number of rotatable bonds is 49. The normalized spacial score (nSPS) is 12.2. The van der Waals surface area contributed by atoms with Gasteiger partial charge in [0.05, 0.1) is 0 Å². The average Bonchev–Trinajstić information content (AvgIpc) is 3.27. The molecule has 0 saturated heterocycles. The highest BCUT2D eigenvalue weighted by molar-refractivity contribution is 5.71. The summed E-state index contributed by atoms with van der Waals surface area (Å²) in [6, 6.07) is 0. The van der Waals surface area contributed by atoms with Crippen molar-refractivity contribution in [1.82, 2.24) is 0 Å². The highest BCUT2D eigenvalue weighted by atomic mass is 16.6. The Bertz CT molecular complexity index is 1050. The Balaban J connectivity index is 4.37. The summed E-state index contributed by atoms with van der Waals surface area (Å²) in [5, 5.41) is 0. The van der Waals surface area contributed by atoms with E-state index in [0.717, 1.165) is 89.9 Å². The molecule has 0 amide bonds. The maximum Gasteiger partial charge on any atom is 0.306 e. The maximum absolute atomic E-state index is 12.8. The van der Waals surface area contributed by atoms with Gasteiger partial charge < -0.3 is 14.2 Å². The Morgan fingerprint density at radius 1 is 0.323 bits per heavy atom. The van der Waals surface area contributed by atoms with Crippen LogP contribution in [0.15, 0.2) is 36.5 Å². The molecule has 0 aromatic carbocycles. The smallest absolute Gasteiger partial charge is 0.306 e. The van der Waals surface area contributed by atoms with Crippen LogP contribution in [0, 0.1) is 0 Å². The molecule has 0 radical (unpaired) electrons. The van der Waals surface area contributed by atoms with E-state index < -0.39 is 6.10 Å². The van der Waals surface area contributed by atoms with Crippen molar-refractivity contribution in [2.75, 3.05) is 13.2 Å². The fraction of sp³-hybridized carbons (Fsp3) is 0.839. The first-order valence-corrected chi connectivity index (χ1v) is 27.0. The first-order chi connectivity index (χ1) is 30.5. The minimum atomic E-state index is -0.779. The highest BCUT2D eigenvalue weighted by Crippen LogP contribution is 2.16. The molecule has 0 fully saturated rings. The van der Waals surface area contributed by atoms with Crippen molar-refractivity contribution in [3.8, 4) is 0 Å². The van der Waals surface area contributed by atoms with E-state index in [1.807, 2.05) is 0 Å². The fourth-order valence-electron chi connectivity index (χ4n) is 7.75. The lowest BCUT2D eigenvalue weighted by Gasteiger charge is -2.18. The van der Waals surface area contributed by atoms with Crippen LogP contribution < -0.4 is 0 Å². The molecule has 0 aliphatic heterocycles. The number of hydrogen-bond donors (Lipinski definition) is 0. The van der Waals surface area contributed by atoms with Crippen molar-refractivity contribution in [1.29, 1.82) is 0 Å². The van der Waals surface area contributed by atoms with Gasteiger partial charge in [0.1, 0.15) is 13.2 Å². The number of hydrogen-bond acceptors (Lipinski definition) is 6. The Morgan fingerprint density at radius 3 is 0.952 bits per heavy atom. The molecule has 0 saturated carbocycles. The number of allylic oxidation sites excluding steroid dienone is 6. The van der Waals surface area contributed by atoms with E-state index in [1.165, 1.54) is 154 Å². The number of ether oxygens (including phenoxy) is 3. The molecule has 62 heavy (non-hydrogen) atoms. The van der Waals surface area contributed by atoms with Gasteiger partial charge in [0.2, 0.25) is 0 Å². The molecule has 0 aliphatic rings. The first kappa shape index (κ1) is 59.6. The molecule has 0 spiro atoms. The standard InChI is InChI=1S/C56H102O6/c1-4-7-10-13-16-19-22-25-28-29-32-34-37-40-43-46-49-55(58)61-52-53(62-56(59)50-47-44-41-38-35-31-27-24-21-18-15-12-9-6-3)51-60-54(57)48-45-42-39-36-33-30-26-23-20-17-14-11-8-5-2/h15,18,23-24,26-27,53H,4-14,16-17,19-22,25,28-52H2,1-3H3/b18-15+,26-23+,27-24+/t53-/m1/s1. The maximum atomic E-state index is 12.8. The van der Waals surface area contributed by atoms with Crippen molar-refractivity contribution < 1.29 is 28.6 Å². The molecule has 0 heterocycles. The predicted octanol–water partition coefficient (Wildman–Crippen LogP) is 17.7. The van der Waals surface area contributed by atoms with E-state index in [4.69, 9.17) is 14.2 Å². The van der Waals surface area contributed by atoms with E-state index in [9.17, 15) is 14.4 Å². The van der Waals surface area contributed by atoms with Crippen molar-refractivity contribution in [3.05, 3.63) is 36.5 Å². The zero-order valence-electron chi connectivity index (χ0n) is 41.4. The zero-order chi connectivity index (χ0) is 45.1. The van der Waals surface area contributed by atoms with Gasteiger partial charge in [-0.15, -0.1) is 0 Å². The van der Waals surface area contributed by atoms with Crippen LogP contribution in [0.5, 0.6) is 0 Å². The molecule has 362 valence electrons. The summed E-state index contributed by atoms with van der Waals surface area (Å²) in [4.78, 5) is 38.0. The fourth-order valence-corrected chi connectivity index (χ4v) is 7.75. The van der Waals surface area contributed by atoms with Crippen LogP contribution in [0.3, 0.4) is 0 Å². The molecule has 1 atom stereocenters. The molecule has 0 rings (SSSR count). The van der Waals surface area contributed by atoms with E-state index >= 15 is 0 Å². The molecule has 0 aromatic heterocycles. The van der Waals surface area contributed by atoms with Gasteiger partial charge in [-0.1, -0.05) is 231 Å². The second-order valence-corrected chi connectivity index (χ2v) is 18.1. The third-order valence-corrected chi connectivity index (χ3v) is 11.9. The third kappa shape index (κ3) is 48.7. The van der Waals surface area contributed by atoms with Crippen LogP contribution >= 0.6 is 0 Å². The van der Waals surface area contributed by atoms with Crippen LogP contribution in [-0.2, 0) is 28.6 Å². The summed E-state index contributed by atoms with van der Waals surface area (Å²) in [5.41, 5.74) is 0. The summed E-state index contributed by atoms with van der Waals surface area (Å²) < 4.78 is 16.8. The van der Waals surface area contributed by atoms with Crippen LogP contribution in [0.4, 0.5) is 0 Å². The lowest BCUT2D eigenvalue weighted by Crippen LogP contribution is -2.30. The summed E-state index contributed by atoms with van der Waals surface area (Å²) in [7, 11) is 0. The molecule has 0 bridgehead atoms. The lowest BCUT2D eigenvalue weighted by atomic mass is 10.0. The number of carbonyl (C=O) groups excluding carboxylic acids is 3. The quantitative estimate of drug-likeness (QED) is 0.0262. The van der Waals surface area contributed by atoms with Crippen LogP contribution in [0.1, 0.15) is 284 Å². The van der Waals surface area contributed by atoms with Gasteiger partial charge in [0.25, 0.3) is 0 Å². The topological polar surface area (TPSA) is 78.9 Å². The minimum Gasteiger partial charge on any atom is -0.462 e. The summed E-state index contributed by atoms with van der Waals surface area (Å²) in [6.07, 6.45) is 59.8. The van der Waals surface area contributed by atoms with Crippen molar-refractivity contribution in [2.24, 2.45) is 0 Å². The van der Waals surface area contributed by atoms with E-state index in [0.29, 0.717) is 19.3 Å². The number of esters is 3. The Kier molecular flexibility index (Phi) is 49.3. The number of carbonyl (C=O) groups is 3. The largest absolute Gasteiger partial charge is 0.462 e. The molecular formula is C56H102O6. The molecule has 0 aromatic rings. The number of unbranched alkanes of at least 4 members (excludes halogenated alkanes) is 32. The highest BCUT2D eigenvalue weighted by Gasteiger charge is 2.19. The predicted molar refractivity (Wildman–Crippen MR) is 266 cm³/mol. The average molecular weight is 871 g/mol. The first-order valence-electron chi connectivity index (χ1n) is 27.0. The Labute approximate surface area is 385 Å². The van der Waals surface area contributed by atoms with Gasteiger partial charge in [-0.2, -0.15) is 0 Å². The summed E-state index contributed by atoms with van der Waals surface area (Å²) >= 11 is 0. The molecule has 0 unspecified atom stereocenters. The third-order valence-electron chi connectivity index (χ3n) is 11.9. The van der Waals surface area contributed by atoms with Crippen LogP contribution in [-0.4, -0.2) is 37.2 Å². The molecule has 6 heteroatoms. The summed E-state index contributed by atoms with van der Waals surface area (Å²) in [6.45, 7) is 6.60. The zero-order valence-corrected chi connectivity index (χ0v) is 41.4. The van der Waals surface area contributed by atoms with Crippen molar-refractivity contribution in [2.45, 2.75) is 290 Å². The molecular weight excluding hydrogens is 769 g/mol. The molecule has 0 N–H and O–H groups in total. The van der Waals surface area contributed by atoms with Crippen molar-refractivity contribution >= 4 is 17.9 Å². The van der Waals surface area contributed by atoms with Crippen LogP contribution in [0.2, 0.25) is 0 Å². The Morgan fingerprint density at radius 2 is 0.597 bits per heavy atom. The van der Waals surface area contributed by atoms with Gasteiger partial charge in [-0.3, -0.25) is 14.4 Å². The second-order valence-electron chi connectivity index (χ2n) is 18.1. The second kappa shape index (κ2) is 51.3. The Hall–Kier alpha value is -2.37. The minimum absolute atomic E-state index is 0.0773. The monoisotopic (exact) mass is 871 g/mol. The molecule has 0 aliphatic carbocycles. The van der Waals surface area contributed by atoms with Gasteiger partial charge in [0, 0.05) is 19.3 Å². The van der Waals surface area contributed by atoms with E-state index in [-0.39, 0.29) is 31.1 Å². The summed E-state index contributed by atoms with van der Waals surface area (Å²) in [5.74, 6) is -0.888. The van der Waals surface area contributed by atoms with Gasteiger partial charge in [0.15, 0.2) is 6.10 Å². The van der Waals surface area contributed by atoms with Gasteiger partial charge >= 0.3 is 17.9 Å². The molecule has 6 nitrogen and oxygen atoms in total. The SMILES string of the molecule is CCCC/C=C/C/C=C/CCCCCCCC(=O)O[C@H](COC(=O)CCCCCCC/C=C/CCCCCCC)COC(=O)CCCCCCCCCCCCCCCCCC. The van der Waals surface area contributed by atoms with E-state index in [1.54, 1.807) is 0 Å². The van der Waals surface area contributed by atoms with Crippen molar-refractivity contribution in [3.63, 3.8) is 0 Å². The van der Waals surface area contributed by atoms with Gasteiger partial charge in [-0.05, 0) is 70.6 Å².